The first-order valence-corrected chi connectivity index (χ1v) is 7.72. The Balaban J connectivity index is 1.80. The second-order valence-electron chi connectivity index (χ2n) is 5.64. The third kappa shape index (κ3) is 2.89. The maximum atomic E-state index is 13.0. The molecule has 1 amide bonds. The number of rotatable bonds is 3. The molecule has 0 saturated carbocycles. The number of hydrogen-bond acceptors (Lipinski definition) is 3. The van der Waals surface area contributed by atoms with Crippen LogP contribution >= 0.6 is 0 Å². The zero-order valence-electron chi connectivity index (χ0n) is 12.6. The van der Waals surface area contributed by atoms with E-state index in [1.54, 1.807) is 18.2 Å². The molecule has 1 aliphatic heterocycles. The number of nitrogens with zero attached hydrogens (tertiary/aromatic N) is 2. The topological polar surface area (TPSA) is 46.3 Å². The summed E-state index contributed by atoms with van der Waals surface area (Å²) in [5.74, 6) is 0.0933. The maximum absolute atomic E-state index is 13.0. The van der Waals surface area contributed by atoms with Crippen LogP contribution < -0.4 is 0 Å². The SMILES string of the molecule is CC[C@H]1CCCCN1C(=O)c1cc(-c2ccc(F)cc2)on1. The van der Waals surface area contributed by atoms with Gasteiger partial charge >= 0.3 is 0 Å². The molecule has 0 spiro atoms. The molecule has 0 bridgehead atoms. The summed E-state index contributed by atoms with van der Waals surface area (Å²) in [7, 11) is 0. The van der Waals surface area contributed by atoms with Crippen molar-refractivity contribution in [3.05, 3.63) is 41.8 Å². The Labute approximate surface area is 128 Å². The Morgan fingerprint density at radius 3 is 2.86 bits per heavy atom. The van der Waals surface area contributed by atoms with Gasteiger partial charge in [0.1, 0.15) is 5.82 Å². The molecule has 0 unspecified atom stereocenters. The fourth-order valence-corrected chi connectivity index (χ4v) is 2.97. The second-order valence-corrected chi connectivity index (χ2v) is 5.64. The molecule has 1 aromatic carbocycles. The third-order valence-electron chi connectivity index (χ3n) is 4.22. The van der Waals surface area contributed by atoms with Crippen LogP contribution in [-0.4, -0.2) is 28.6 Å². The minimum absolute atomic E-state index is 0.0799. The lowest BCUT2D eigenvalue weighted by atomic mass is 9.99. The Morgan fingerprint density at radius 1 is 1.36 bits per heavy atom. The molecule has 1 fully saturated rings. The first-order chi connectivity index (χ1) is 10.7. The van der Waals surface area contributed by atoms with Crippen LogP contribution in [0.15, 0.2) is 34.9 Å². The monoisotopic (exact) mass is 302 g/mol. The van der Waals surface area contributed by atoms with Crippen LogP contribution in [0.4, 0.5) is 4.39 Å². The highest BCUT2D eigenvalue weighted by Crippen LogP contribution is 2.24. The van der Waals surface area contributed by atoms with E-state index in [-0.39, 0.29) is 17.8 Å². The summed E-state index contributed by atoms with van der Waals surface area (Å²) in [5, 5.41) is 3.90. The Hall–Kier alpha value is -2.17. The number of carbonyl (C=O) groups is 1. The number of piperidine rings is 1. The van der Waals surface area contributed by atoms with Crippen molar-refractivity contribution in [3.8, 4) is 11.3 Å². The number of likely N-dealkylation sites (tertiary alicyclic amines) is 1. The van der Waals surface area contributed by atoms with Gasteiger partial charge in [-0.15, -0.1) is 0 Å². The van der Waals surface area contributed by atoms with Gasteiger partial charge in [0.05, 0.1) is 0 Å². The van der Waals surface area contributed by atoms with Crippen LogP contribution in [-0.2, 0) is 0 Å². The number of amides is 1. The highest BCUT2D eigenvalue weighted by molar-refractivity contribution is 5.93. The average Bonchev–Trinajstić information content (AvgIpc) is 3.05. The van der Waals surface area contributed by atoms with Crippen LogP contribution in [0.5, 0.6) is 0 Å². The number of benzene rings is 1. The third-order valence-corrected chi connectivity index (χ3v) is 4.22. The van der Waals surface area contributed by atoms with Gasteiger partial charge < -0.3 is 9.42 Å². The van der Waals surface area contributed by atoms with Crippen molar-refractivity contribution in [1.29, 1.82) is 0 Å². The highest BCUT2D eigenvalue weighted by Gasteiger charge is 2.28. The van der Waals surface area contributed by atoms with Gasteiger partial charge in [0.2, 0.25) is 0 Å². The molecule has 1 saturated heterocycles. The quantitative estimate of drug-likeness (QED) is 0.864. The molecule has 1 atom stereocenters. The molecule has 3 rings (SSSR count). The van der Waals surface area contributed by atoms with Crippen LogP contribution in [0, 0.1) is 5.82 Å². The van der Waals surface area contributed by atoms with Crippen molar-refractivity contribution in [1.82, 2.24) is 10.1 Å². The number of hydrogen-bond donors (Lipinski definition) is 0. The van der Waals surface area contributed by atoms with Crippen LogP contribution in [0.3, 0.4) is 0 Å². The predicted molar refractivity (Wildman–Crippen MR) is 80.9 cm³/mol. The predicted octanol–water partition coefficient (Wildman–Crippen LogP) is 3.89. The largest absolute Gasteiger partial charge is 0.355 e. The molecule has 22 heavy (non-hydrogen) atoms. The lowest BCUT2D eigenvalue weighted by Crippen LogP contribution is -2.43. The molecule has 5 heteroatoms. The van der Waals surface area contributed by atoms with Gasteiger partial charge in [-0.3, -0.25) is 4.79 Å². The first kappa shape index (κ1) is 14.8. The number of halogens is 1. The molecule has 1 aliphatic rings. The minimum atomic E-state index is -0.307. The second kappa shape index (κ2) is 6.30. The van der Waals surface area contributed by atoms with E-state index in [9.17, 15) is 9.18 Å². The number of carbonyl (C=O) groups excluding carboxylic acids is 1. The highest BCUT2D eigenvalue weighted by atomic mass is 19.1. The normalized spacial score (nSPS) is 18.5. The van der Waals surface area contributed by atoms with Crippen molar-refractivity contribution in [2.45, 2.75) is 38.6 Å². The van der Waals surface area contributed by atoms with E-state index in [1.807, 2.05) is 4.90 Å². The molecule has 116 valence electrons. The van der Waals surface area contributed by atoms with E-state index in [0.717, 1.165) is 25.8 Å². The van der Waals surface area contributed by atoms with Gasteiger partial charge in [-0.2, -0.15) is 0 Å². The molecule has 1 aromatic heterocycles. The van der Waals surface area contributed by atoms with Gasteiger partial charge in [0.15, 0.2) is 11.5 Å². The summed E-state index contributed by atoms with van der Waals surface area (Å²) < 4.78 is 18.2. The van der Waals surface area contributed by atoms with Crippen LogP contribution in [0.2, 0.25) is 0 Å². The molecule has 2 aromatic rings. The van der Waals surface area contributed by atoms with Crippen molar-refractivity contribution in [3.63, 3.8) is 0 Å². The standard InChI is InChI=1S/C17H19FN2O2/c1-2-14-5-3-4-10-20(14)17(21)15-11-16(22-19-15)12-6-8-13(18)9-7-12/h6-9,11,14H,2-5,10H2,1H3/t14-/m0/s1. The van der Waals surface area contributed by atoms with Gasteiger partial charge in [-0.1, -0.05) is 12.1 Å². The summed E-state index contributed by atoms with van der Waals surface area (Å²) in [6.45, 7) is 2.87. The molecule has 4 nitrogen and oxygen atoms in total. The van der Waals surface area contributed by atoms with Crippen LogP contribution in [0.25, 0.3) is 11.3 Å². The van der Waals surface area contributed by atoms with E-state index in [2.05, 4.69) is 12.1 Å². The smallest absolute Gasteiger partial charge is 0.276 e. The van der Waals surface area contributed by atoms with Crippen molar-refractivity contribution < 1.29 is 13.7 Å². The lowest BCUT2D eigenvalue weighted by molar-refractivity contribution is 0.0597. The van der Waals surface area contributed by atoms with Gasteiger partial charge in [-0.05, 0) is 49.9 Å². The Morgan fingerprint density at radius 2 is 2.14 bits per heavy atom. The lowest BCUT2D eigenvalue weighted by Gasteiger charge is -2.34. The van der Waals surface area contributed by atoms with Gasteiger partial charge in [-0.25, -0.2) is 4.39 Å². The van der Waals surface area contributed by atoms with E-state index in [1.165, 1.54) is 18.6 Å². The zero-order valence-corrected chi connectivity index (χ0v) is 12.6. The van der Waals surface area contributed by atoms with Crippen molar-refractivity contribution in [2.75, 3.05) is 6.54 Å². The Kier molecular flexibility index (Phi) is 4.22. The zero-order chi connectivity index (χ0) is 15.5. The molecule has 2 heterocycles. The fraction of sp³-hybridized carbons (Fsp3) is 0.412. The van der Waals surface area contributed by atoms with E-state index in [0.29, 0.717) is 17.0 Å². The number of aromatic nitrogens is 1. The van der Waals surface area contributed by atoms with E-state index in [4.69, 9.17) is 4.52 Å². The fourth-order valence-electron chi connectivity index (χ4n) is 2.97. The summed E-state index contributed by atoms with van der Waals surface area (Å²) >= 11 is 0. The summed E-state index contributed by atoms with van der Waals surface area (Å²) in [4.78, 5) is 14.5. The summed E-state index contributed by atoms with van der Waals surface area (Å²) in [6, 6.07) is 7.86. The van der Waals surface area contributed by atoms with Crippen molar-refractivity contribution in [2.24, 2.45) is 0 Å². The maximum Gasteiger partial charge on any atom is 0.276 e. The Bertz CT molecular complexity index is 651. The van der Waals surface area contributed by atoms with Gasteiger partial charge in [0, 0.05) is 24.2 Å². The van der Waals surface area contributed by atoms with E-state index < -0.39 is 0 Å². The summed E-state index contributed by atoms with van der Waals surface area (Å²) in [6.07, 6.45) is 4.20. The average molecular weight is 302 g/mol. The van der Waals surface area contributed by atoms with Gasteiger partial charge in [0.25, 0.3) is 5.91 Å². The molecule has 0 N–H and O–H groups in total. The van der Waals surface area contributed by atoms with Crippen LogP contribution in [0.1, 0.15) is 43.1 Å². The molecule has 0 aliphatic carbocycles. The summed E-state index contributed by atoms with van der Waals surface area (Å²) in [5.41, 5.74) is 1.03. The first-order valence-electron chi connectivity index (χ1n) is 7.72. The van der Waals surface area contributed by atoms with E-state index >= 15 is 0 Å². The molecular weight excluding hydrogens is 283 g/mol. The van der Waals surface area contributed by atoms with Crippen molar-refractivity contribution >= 4 is 5.91 Å². The molecule has 0 radical (unpaired) electrons. The minimum Gasteiger partial charge on any atom is -0.355 e. The molecular formula is C17H19FN2O2.